The van der Waals surface area contributed by atoms with E-state index < -0.39 is 12.0 Å². The lowest BCUT2D eigenvalue weighted by Crippen LogP contribution is -2.30. The zero-order chi connectivity index (χ0) is 16.3. The van der Waals surface area contributed by atoms with E-state index in [0.29, 0.717) is 11.4 Å². The van der Waals surface area contributed by atoms with E-state index in [-0.39, 0.29) is 18.3 Å². The molecule has 0 aromatic carbocycles. The number of hydrogen-bond donors (Lipinski definition) is 2. The molecule has 0 bridgehead atoms. The van der Waals surface area contributed by atoms with Crippen molar-refractivity contribution in [2.75, 3.05) is 19.5 Å². The molecule has 0 fully saturated rings. The number of aryl methyl sites for hydroxylation is 2. The third-order valence-corrected chi connectivity index (χ3v) is 3.28. The molecule has 0 aliphatic rings. The SMILES string of the molecule is CNC(C(=O)Nc1cc(C(=O)OC)n(C)c1)c1cnn(C)c1.Cl. The Bertz CT molecular complexity index is 694. The zero-order valence-corrected chi connectivity index (χ0v) is 14.2. The Balaban J connectivity index is 0.00000264. The molecule has 0 saturated heterocycles. The van der Waals surface area contributed by atoms with E-state index >= 15 is 0 Å². The minimum atomic E-state index is -0.532. The van der Waals surface area contributed by atoms with Crippen molar-refractivity contribution in [2.24, 2.45) is 14.1 Å². The number of carbonyl (C=O) groups excluding carboxylic acids is 2. The number of hydrogen-bond acceptors (Lipinski definition) is 5. The number of halogens is 1. The van der Waals surface area contributed by atoms with Crippen molar-refractivity contribution >= 4 is 30.0 Å². The molecule has 9 heteroatoms. The van der Waals surface area contributed by atoms with Gasteiger partial charge in [-0.15, -0.1) is 12.4 Å². The maximum atomic E-state index is 12.4. The van der Waals surface area contributed by atoms with Gasteiger partial charge in [-0.1, -0.05) is 0 Å². The number of amides is 1. The molecule has 2 rings (SSSR count). The molecular weight excluding hydrogens is 322 g/mol. The summed E-state index contributed by atoms with van der Waals surface area (Å²) >= 11 is 0. The topological polar surface area (TPSA) is 90.2 Å². The average molecular weight is 342 g/mol. The van der Waals surface area contributed by atoms with Crippen LogP contribution in [-0.4, -0.2) is 40.4 Å². The molecule has 8 nitrogen and oxygen atoms in total. The highest BCUT2D eigenvalue weighted by molar-refractivity contribution is 5.97. The maximum absolute atomic E-state index is 12.4. The molecule has 2 N–H and O–H groups in total. The zero-order valence-electron chi connectivity index (χ0n) is 13.4. The van der Waals surface area contributed by atoms with Crippen molar-refractivity contribution in [3.05, 3.63) is 35.9 Å². The molecule has 0 radical (unpaired) electrons. The molecule has 0 spiro atoms. The number of rotatable bonds is 5. The van der Waals surface area contributed by atoms with Crippen LogP contribution >= 0.6 is 12.4 Å². The number of ether oxygens (including phenoxy) is 1. The van der Waals surface area contributed by atoms with E-state index in [1.807, 2.05) is 0 Å². The lowest BCUT2D eigenvalue weighted by atomic mass is 10.1. The highest BCUT2D eigenvalue weighted by Gasteiger charge is 2.21. The number of nitrogens with zero attached hydrogens (tertiary/aromatic N) is 3. The second-order valence-electron chi connectivity index (χ2n) is 4.87. The third kappa shape index (κ3) is 4.11. The first-order valence-corrected chi connectivity index (χ1v) is 6.67. The van der Waals surface area contributed by atoms with E-state index in [4.69, 9.17) is 0 Å². The van der Waals surface area contributed by atoms with Crippen molar-refractivity contribution in [3.63, 3.8) is 0 Å². The normalized spacial score (nSPS) is 11.5. The van der Waals surface area contributed by atoms with Gasteiger partial charge < -0.3 is 19.9 Å². The van der Waals surface area contributed by atoms with E-state index in [1.54, 1.807) is 55.0 Å². The third-order valence-electron chi connectivity index (χ3n) is 3.28. The Labute approximate surface area is 140 Å². The summed E-state index contributed by atoms with van der Waals surface area (Å²) in [4.78, 5) is 23.9. The molecule has 0 saturated carbocycles. The highest BCUT2D eigenvalue weighted by atomic mass is 35.5. The lowest BCUT2D eigenvalue weighted by molar-refractivity contribution is -0.118. The summed E-state index contributed by atoms with van der Waals surface area (Å²) in [5.41, 5.74) is 1.64. The number of anilines is 1. The van der Waals surface area contributed by atoms with Gasteiger partial charge in [-0.3, -0.25) is 9.48 Å². The average Bonchev–Trinajstić information content (AvgIpc) is 3.05. The molecule has 0 aliphatic carbocycles. The first-order chi connectivity index (χ1) is 10.5. The molecule has 1 atom stereocenters. The maximum Gasteiger partial charge on any atom is 0.354 e. The van der Waals surface area contributed by atoms with Gasteiger partial charge in [0, 0.05) is 32.1 Å². The second kappa shape index (κ2) is 7.80. The Morgan fingerprint density at radius 3 is 2.52 bits per heavy atom. The molecule has 2 aromatic heterocycles. The Morgan fingerprint density at radius 2 is 2.00 bits per heavy atom. The minimum absolute atomic E-state index is 0. The fourth-order valence-corrected chi connectivity index (χ4v) is 2.19. The van der Waals surface area contributed by atoms with E-state index in [2.05, 4.69) is 20.5 Å². The Kier molecular flexibility index (Phi) is 6.35. The quantitative estimate of drug-likeness (QED) is 0.787. The number of carbonyl (C=O) groups is 2. The first-order valence-electron chi connectivity index (χ1n) is 6.67. The Hall–Kier alpha value is -2.32. The summed E-state index contributed by atoms with van der Waals surface area (Å²) < 4.78 is 7.91. The molecule has 0 aliphatic heterocycles. The number of esters is 1. The summed E-state index contributed by atoms with van der Waals surface area (Å²) in [5.74, 6) is -0.696. The monoisotopic (exact) mass is 341 g/mol. The summed E-state index contributed by atoms with van der Waals surface area (Å²) in [6.45, 7) is 0. The van der Waals surface area contributed by atoms with E-state index in [1.165, 1.54) is 7.11 Å². The van der Waals surface area contributed by atoms with E-state index in [0.717, 1.165) is 5.56 Å². The van der Waals surface area contributed by atoms with Gasteiger partial charge in [-0.25, -0.2) is 4.79 Å². The smallest absolute Gasteiger partial charge is 0.354 e. The van der Waals surface area contributed by atoms with Gasteiger partial charge in [0.2, 0.25) is 5.91 Å². The predicted octanol–water partition coefficient (Wildman–Crippen LogP) is 0.866. The summed E-state index contributed by atoms with van der Waals surface area (Å²) in [5, 5.41) is 9.78. The minimum Gasteiger partial charge on any atom is -0.464 e. The summed E-state index contributed by atoms with van der Waals surface area (Å²) in [6, 6.07) is 1.04. The van der Waals surface area contributed by atoms with Crippen LogP contribution in [0.4, 0.5) is 5.69 Å². The van der Waals surface area contributed by atoms with Crippen LogP contribution in [0.3, 0.4) is 0 Å². The van der Waals surface area contributed by atoms with Crippen LogP contribution in [0.15, 0.2) is 24.7 Å². The van der Waals surface area contributed by atoms with Crippen LogP contribution in [0.1, 0.15) is 22.1 Å². The summed E-state index contributed by atoms with van der Waals surface area (Å²) in [7, 11) is 6.50. The standard InChI is InChI=1S/C14H19N5O3.ClH/c1-15-12(9-6-16-19(3)7-9)13(20)17-10-5-11(14(21)22-4)18(2)8-10;/h5-8,12,15H,1-4H3,(H,17,20);1H. The largest absolute Gasteiger partial charge is 0.464 e. The van der Waals surface area contributed by atoms with Crippen LogP contribution in [0.25, 0.3) is 0 Å². The van der Waals surface area contributed by atoms with Crippen LogP contribution < -0.4 is 10.6 Å². The van der Waals surface area contributed by atoms with Crippen LogP contribution in [0.5, 0.6) is 0 Å². The van der Waals surface area contributed by atoms with Crippen molar-refractivity contribution in [3.8, 4) is 0 Å². The van der Waals surface area contributed by atoms with Crippen LogP contribution in [0.2, 0.25) is 0 Å². The molecule has 126 valence electrons. The van der Waals surface area contributed by atoms with Gasteiger partial charge in [0.15, 0.2) is 0 Å². The summed E-state index contributed by atoms with van der Waals surface area (Å²) in [6.07, 6.45) is 5.05. The fourth-order valence-electron chi connectivity index (χ4n) is 2.19. The number of aromatic nitrogens is 3. The predicted molar refractivity (Wildman–Crippen MR) is 87.6 cm³/mol. The van der Waals surface area contributed by atoms with Gasteiger partial charge >= 0.3 is 5.97 Å². The molecule has 23 heavy (non-hydrogen) atoms. The van der Waals surface area contributed by atoms with Gasteiger partial charge in [0.05, 0.1) is 19.0 Å². The van der Waals surface area contributed by atoms with Crippen molar-refractivity contribution in [2.45, 2.75) is 6.04 Å². The van der Waals surface area contributed by atoms with Crippen molar-refractivity contribution in [1.29, 1.82) is 0 Å². The number of nitrogens with one attached hydrogen (secondary N) is 2. The Morgan fingerprint density at radius 1 is 1.30 bits per heavy atom. The number of methoxy groups -OCH3 is 1. The van der Waals surface area contributed by atoms with Crippen LogP contribution in [-0.2, 0) is 23.6 Å². The second-order valence-corrected chi connectivity index (χ2v) is 4.87. The lowest BCUT2D eigenvalue weighted by Gasteiger charge is -2.13. The van der Waals surface area contributed by atoms with Crippen LogP contribution in [0, 0.1) is 0 Å². The van der Waals surface area contributed by atoms with Gasteiger partial charge in [0.25, 0.3) is 0 Å². The molecule has 2 heterocycles. The molecule has 1 unspecified atom stereocenters. The van der Waals surface area contributed by atoms with Gasteiger partial charge in [0.1, 0.15) is 11.7 Å². The fraction of sp³-hybridized carbons (Fsp3) is 0.357. The molecule has 1 amide bonds. The number of likely N-dealkylation sites (N-methyl/N-ethyl adjacent to an activating group) is 1. The van der Waals surface area contributed by atoms with Crippen molar-refractivity contribution in [1.82, 2.24) is 19.7 Å². The molecule has 2 aromatic rings. The highest BCUT2D eigenvalue weighted by Crippen LogP contribution is 2.17. The molecular formula is C14H20ClN5O3. The van der Waals surface area contributed by atoms with Crippen molar-refractivity contribution < 1.29 is 14.3 Å². The first kappa shape index (κ1) is 18.7. The van der Waals surface area contributed by atoms with Gasteiger partial charge in [-0.2, -0.15) is 5.10 Å². The van der Waals surface area contributed by atoms with Gasteiger partial charge in [-0.05, 0) is 13.1 Å². The van der Waals surface area contributed by atoms with E-state index in [9.17, 15) is 9.59 Å².